The quantitative estimate of drug-likeness (QED) is 0.424. The van der Waals surface area contributed by atoms with E-state index in [1.54, 1.807) is 11.8 Å². The molecule has 0 amide bonds. The molecular formula is C7H7NOS. The molecule has 2 aliphatic rings. The number of allylic oxidation sites excluding steroid dienone is 4. The molecule has 0 spiro atoms. The lowest BCUT2D eigenvalue weighted by Crippen LogP contribution is -2.05. The van der Waals surface area contributed by atoms with E-state index in [9.17, 15) is 0 Å². The molecule has 0 radical (unpaired) electrons. The van der Waals surface area contributed by atoms with E-state index >= 15 is 0 Å². The van der Waals surface area contributed by atoms with Gasteiger partial charge < -0.3 is 5.21 Å². The molecule has 1 fully saturated rings. The number of hydrogen-bond donors (Lipinski definition) is 1. The normalized spacial score (nSPS) is 33.0. The van der Waals surface area contributed by atoms with Crippen molar-refractivity contribution in [3.8, 4) is 0 Å². The van der Waals surface area contributed by atoms with Gasteiger partial charge in [0, 0.05) is 5.75 Å². The van der Waals surface area contributed by atoms with E-state index in [2.05, 4.69) is 17.3 Å². The lowest BCUT2D eigenvalue weighted by molar-refractivity contribution is 0.317. The van der Waals surface area contributed by atoms with Crippen molar-refractivity contribution in [1.29, 1.82) is 0 Å². The molecule has 0 saturated carbocycles. The summed E-state index contributed by atoms with van der Waals surface area (Å²) in [5.41, 5.74) is 0.880. The molecule has 0 aromatic carbocycles. The molecule has 2 rings (SSSR count). The van der Waals surface area contributed by atoms with Crippen molar-refractivity contribution >= 4 is 17.5 Å². The van der Waals surface area contributed by atoms with Gasteiger partial charge >= 0.3 is 0 Å². The van der Waals surface area contributed by atoms with E-state index < -0.39 is 0 Å². The molecule has 1 aliphatic heterocycles. The zero-order valence-corrected chi connectivity index (χ0v) is 6.14. The van der Waals surface area contributed by atoms with Gasteiger partial charge in [-0.05, 0) is 4.91 Å². The zero-order chi connectivity index (χ0) is 6.97. The predicted molar refractivity (Wildman–Crippen MR) is 42.4 cm³/mol. The van der Waals surface area contributed by atoms with Crippen molar-refractivity contribution in [1.82, 2.24) is 0 Å². The summed E-state index contributed by atoms with van der Waals surface area (Å²) in [5, 5.41) is 11.8. The SMILES string of the molecule is ON=C1CSC2=CC=CC21. The average molecular weight is 153 g/mol. The summed E-state index contributed by atoms with van der Waals surface area (Å²) < 4.78 is 0. The monoisotopic (exact) mass is 153 g/mol. The minimum Gasteiger partial charge on any atom is -0.411 e. The Bertz CT molecular complexity index is 242. The lowest BCUT2D eigenvalue weighted by atomic mass is 10.1. The van der Waals surface area contributed by atoms with Gasteiger partial charge in [0.1, 0.15) is 0 Å². The van der Waals surface area contributed by atoms with E-state index in [0.717, 1.165) is 11.5 Å². The van der Waals surface area contributed by atoms with Crippen LogP contribution >= 0.6 is 11.8 Å². The highest BCUT2D eigenvalue weighted by Crippen LogP contribution is 2.38. The Balaban J connectivity index is 2.33. The molecule has 1 atom stereocenters. The molecular weight excluding hydrogens is 146 g/mol. The van der Waals surface area contributed by atoms with Crippen molar-refractivity contribution in [3.63, 3.8) is 0 Å². The highest BCUT2D eigenvalue weighted by atomic mass is 32.2. The number of oxime groups is 1. The van der Waals surface area contributed by atoms with E-state index in [1.165, 1.54) is 4.91 Å². The first-order valence-electron chi connectivity index (χ1n) is 3.14. The van der Waals surface area contributed by atoms with E-state index in [1.807, 2.05) is 6.08 Å². The third-order valence-corrected chi connectivity index (χ3v) is 2.91. The van der Waals surface area contributed by atoms with E-state index in [4.69, 9.17) is 5.21 Å². The first kappa shape index (κ1) is 6.04. The summed E-state index contributed by atoms with van der Waals surface area (Å²) in [4.78, 5) is 1.31. The highest BCUT2D eigenvalue weighted by molar-refractivity contribution is 8.04. The molecule has 0 aromatic rings. The van der Waals surface area contributed by atoms with Crippen LogP contribution in [-0.4, -0.2) is 16.7 Å². The van der Waals surface area contributed by atoms with Crippen LogP contribution in [0.5, 0.6) is 0 Å². The highest BCUT2D eigenvalue weighted by Gasteiger charge is 2.28. The van der Waals surface area contributed by atoms with Crippen LogP contribution in [0, 0.1) is 5.92 Å². The van der Waals surface area contributed by atoms with Gasteiger partial charge in [0.2, 0.25) is 0 Å². The zero-order valence-electron chi connectivity index (χ0n) is 5.32. The molecule has 1 saturated heterocycles. The smallest absolute Gasteiger partial charge is 0.0790 e. The van der Waals surface area contributed by atoms with Gasteiger partial charge in [0.15, 0.2) is 0 Å². The maximum absolute atomic E-state index is 8.53. The summed E-state index contributed by atoms with van der Waals surface area (Å²) in [5.74, 6) is 1.15. The van der Waals surface area contributed by atoms with E-state index in [0.29, 0.717) is 5.92 Å². The van der Waals surface area contributed by atoms with Gasteiger partial charge in [-0.2, -0.15) is 0 Å². The Labute approximate surface area is 63.3 Å². The van der Waals surface area contributed by atoms with Crippen molar-refractivity contribution in [2.24, 2.45) is 11.1 Å². The van der Waals surface area contributed by atoms with Crippen LogP contribution in [0.1, 0.15) is 0 Å². The summed E-state index contributed by atoms with van der Waals surface area (Å²) >= 11 is 1.75. The molecule has 3 heteroatoms. The number of rotatable bonds is 0. The van der Waals surface area contributed by atoms with Crippen LogP contribution in [0.15, 0.2) is 28.3 Å². The summed E-state index contributed by atoms with van der Waals surface area (Å²) in [6, 6.07) is 0. The molecule has 52 valence electrons. The fourth-order valence-electron chi connectivity index (χ4n) is 1.21. The van der Waals surface area contributed by atoms with Crippen molar-refractivity contribution in [3.05, 3.63) is 23.1 Å². The molecule has 10 heavy (non-hydrogen) atoms. The van der Waals surface area contributed by atoms with Crippen LogP contribution in [0.4, 0.5) is 0 Å². The Morgan fingerprint density at radius 1 is 1.70 bits per heavy atom. The van der Waals surface area contributed by atoms with Crippen LogP contribution in [-0.2, 0) is 0 Å². The molecule has 0 bridgehead atoms. The second-order valence-electron chi connectivity index (χ2n) is 2.31. The molecule has 2 nitrogen and oxygen atoms in total. The van der Waals surface area contributed by atoms with Crippen molar-refractivity contribution < 1.29 is 5.21 Å². The van der Waals surface area contributed by atoms with Gasteiger partial charge in [0.25, 0.3) is 0 Å². The van der Waals surface area contributed by atoms with Gasteiger partial charge in [0.05, 0.1) is 11.6 Å². The van der Waals surface area contributed by atoms with Crippen molar-refractivity contribution in [2.75, 3.05) is 5.75 Å². The standard InChI is InChI=1S/C7H7NOS/c9-8-6-4-10-7-3-1-2-5(6)7/h1-3,5,9H,4H2. The summed E-state index contributed by atoms with van der Waals surface area (Å²) in [6.45, 7) is 0. The Morgan fingerprint density at radius 3 is 3.40 bits per heavy atom. The number of nitrogens with zero attached hydrogens (tertiary/aromatic N) is 1. The maximum Gasteiger partial charge on any atom is 0.0790 e. The molecule has 0 aromatic heterocycles. The maximum atomic E-state index is 8.53. The summed E-state index contributed by atoms with van der Waals surface area (Å²) in [6.07, 6.45) is 6.15. The first-order chi connectivity index (χ1) is 4.92. The van der Waals surface area contributed by atoms with Gasteiger partial charge in [-0.3, -0.25) is 0 Å². The third kappa shape index (κ3) is 0.703. The number of thioether (sulfide) groups is 1. The first-order valence-corrected chi connectivity index (χ1v) is 4.12. The Kier molecular flexibility index (Phi) is 1.31. The van der Waals surface area contributed by atoms with Gasteiger partial charge in [-0.15, -0.1) is 11.8 Å². The van der Waals surface area contributed by atoms with Crippen LogP contribution in [0.25, 0.3) is 0 Å². The number of hydrogen-bond acceptors (Lipinski definition) is 3. The Morgan fingerprint density at radius 2 is 2.60 bits per heavy atom. The second kappa shape index (κ2) is 2.16. The Hall–Kier alpha value is -0.700. The largest absolute Gasteiger partial charge is 0.411 e. The van der Waals surface area contributed by atoms with Crippen molar-refractivity contribution in [2.45, 2.75) is 0 Å². The van der Waals surface area contributed by atoms with Crippen LogP contribution in [0.2, 0.25) is 0 Å². The molecule has 1 N–H and O–H groups in total. The minimum absolute atomic E-state index is 0.301. The fourth-order valence-corrected chi connectivity index (χ4v) is 2.33. The molecule has 1 heterocycles. The second-order valence-corrected chi connectivity index (χ2v) is 3.36. The third-order valence-electron chi connectivity index (χ3n) is 1.74. The average Bonchev–Trinajstić information content (AvgIpc) is 2.44. The van der Waals surface area contributed by atoms with Crippen LogP contribution < -0.4 is 0 Å². The predicted octanol–water partition coefficient (Wildman–Crippen LogP) is 1.63. The lowest BCUT2D eigenvalue weighted by Gasteiger charge is -1.97. The molecule has 1 aliphatic carbocycles. The summed E-state index contributed by atoms with van der Waals surface area (Å²) in [7, 11) is 0. The molecule has 1 unspecified atom stereocenters. The topological polar surface area (TPSA) is 32.6 Å². The van der Waals surface area contributed by atoms with Gasteiger partial charge in [-0.25, -0.2) is 0 Å². The van der Waals surface area contributed by atoms with E-state index in [-0.39, 0.29) is 0 Å². The minimum atomic E-state index is 0.301. The fraction of sp³-hybridized carbons (Fsp3) is 0.286. The van der Waals surface area contributed by atoms with Gasteiger partial charge in [-0.1, -0.05) is 23.4 Å². The number of fused-ring (bicyclic) bond motifs is 1. The van der Waals surface area contributed by atoms with Crippen LogP contribution in [0.3, 0.4) is 0 Å².